The lowest BCUT2D eigenvalue weighted by Gasteiger charge is -2.23. The van der Waals surface area contributed by atoms with Gasteiger partial charge < -0.3 is 0 Å². The fraction of sp³-hybridized carbons (Fsp3) is 0.417. The van der Waals surface area contributed by atoms with Crippen LogP contribution in [0.1, 0.15) is 29.9 Å². The summed E-state index contributed by atoms with van der Waals surface area (Å²) < 4.78 is 0. The molecule has 0 heterocycles. The molecule has 15 heavy (non-hydrogen) atoms. The van der Waals surface area contributed by atoms with Crippen molar-refractivity contribution in [1.82, 2.24) is 0 Å². The lowest BCUT2D eigenvalue weighted by Crippen LogP contribution is -2.12. The molecule has 78 valence electrons. The standard InChI is InChI=1S/C12H12ClNO/c13-11-5-4-9-2-1-3-10(7-14-8-15)12(9)6-11/h4-6,10H,1-3,7H2. The zero-order chi connectivity index (χ0) is 10.7. The minimum Gasteiger partial charge on any atom is -0.211 e. The third-order valence-corrected chi connectivity index (χ3v) is 3.16. The van der Waals surface area contributed by atoms with Crippen molar-refractivity contribution in [3.63, 3.8) is 0 Å². The average molecular weight is 222 g/mol. The maximum Gasteiger partial charge on any atom is 0.234 e. The Hall–Kier alpha value is -1.11. The molecule has 1 unspecified atom stereocenters. The molecule has 2 nitrogen and oxygen atoms in total. The van der Waals surface area contributed by atoms with E-state index in [1.54, 1.807) is 6.08 Å². The van der Waals surface area contributed by atoms with Crippen molar-refractivity contribution >= 4 is 17.7 Å². The Balaban J connectivity index is 2.31. The third-order valence-electron chi connectivity index (χ3n) is 2.92. The smallest absolute Gasteiger partial charge is 0.211 e. The number of hydrogen-bond donors (Lipinski definition) is 0. The lowest BCUT2D eigenvalue weighted by molar-refractivity contribution is 0.544. The van der Waals surface area contributed by atoms with Crippen molar-refractivity contribution in [2.24, 2.45) is 4.99 Å². The molecule has 3 heteroatoms. The van der Waals surface area contributed by atoms with E-state index >= 15 is 0 Å². The molecule has 0 aromatic heterocycles. The highest BCUT2D eigenvalue weighted by atomic mass is 35.5. The maximum absolute atomic E-state index is 10.1. The molecule has 0 radical (unpaired) electrons. The van der Waals surface area contributed by atoms with Gasteiger partial charge in [0, 0.05) is 10.9 Å². The van der Waals surface area contributed by atoms with Gasteiger partial charge in [-0.25, -0.2) is 9.79 Å². The number of benzene rings is 1. The van der Waals surface area contributed by atoms with Crippen molar-refractivity contribution in [2.45, 2.75) is 25.2 Å². The number of aliphatic imine (C=N–C) groups is 1. The first-order chi connectivity index (χ1) is 7.31. The fourth-order valence-corrected chi connectivity index (χ4v) is 2.39. The Kier molecular flexibility index (Phi) is 3.20. The summed E-state index contributed by atoms with van der Waals surface area (Å²) in [7, 11) is 0. The number of hydrogen-bond acceptors (Lipinski definition) is 2. The van der Waals surface area contributed by atoms with Crippen molar-refractivity contribution in [2.75, 3.05) is 6.54 Å². The number of aryl methyl sites for hydroxylation is 1. The first kappa shape index (κ1) is 10.4. The van der Waals surface area contributed by atoms with E-state index in [0.717, 1.165) is 24.3 Å². The molecule has 1 aliphatic carbocycles. The molecule has 1 aliphatic rings. The van der Waals surface area contributed by atoms with Gasteiger partial charge in [0.15, 0.2) is 0 Å². The normalized spacial score (nSPS) is 19.1. The topological polar surface area (TPSA) is 29.4 Å². The van der Waals surface area contributed by atoms with Gasteiger partial charge in [-0.3, -0.25) is 0 Å². The van der Waals surface area contributed by atoms with Gasteiger partial charge in [0.25, 0.3) is 0 Å². The zero-order valence-corrected chi connectivity index (χ0v) is 9.13. The van der Waals surface area contributed by atoms with E-state index in [1.165, 1.54) is 11.1 Å². The molecule has 1 atom stereocenters. The van der Waals surface area contributed by atoms with Crippen LogP contribution in [-0.2, 0) is 11.2 Å². The van der Waals surface area contributed by atoms with Crippen LogP contribution in [0.2, 0.25) is 5.02 Å². The van der Waals surface area contributed by atoms with E-state index in [0.29, 0.717) is 12.5 Å². The highest BCUT2D eigenvalue weighted by molar-refractivity contribution is 6.30. The number of isocyanates is 1. The van der Waals surface area contributed by atoms with Crippen molar-refractivity contribution < 1.29 is 4.79 Å². The number of rotatable bonds is 2. The molecule has 0 spiro atoms. The Labute approximate surface area is 94.0 Å². The molecule has 0 bridgehead atoms. The summed E-state index contributed by atoms with van der Waals surface area (Å²) in [6, 6.07) is 6.00. The quantitative estimate of drug-likeness (QED) is 0.558. The SMILES string of the molecule is O=C=NCC1CCCc2ccc(Cl)cc21. The molecule has 0 aliphatic heterocycles. The minimum absolute atomic E-state index is 0.342. The van der Waals surface area contributed by atoms with Crippen LogP contribution in [-0.4, -0.2) is 12.6 Å². The number of fused-ring (bicyclic) bond motifs is 1. The second kappa shape index (κ2) is 4.61. The van der Waals surface area contributed by atoms with Crippen molar-refractivity contribution in [3.05, 3.63) is 34.3 Å². The summed E-state index contributed by atoms with van der Waals surface area (Å²) in [5, 5.41) is 0.760. The first-order valence-corrected chi connectivity index (χ1v) is 5.51. The lowest BCUT2D eigenvalue weighted by atomic mass is 9.83. The van der Waals surface area contributed by atoms with Gasteiger partial charge in [-0.2, -0.15) is 0 Å². The van der Waals surface area contributed by atoms with Crippen LogP contribution in [0.3, 0.4) is 0 Å². The summed E-state index contributed by atoms with van der Waals surface area (Å²) in [5.41, 5.74) is 2.60. The molecule has 1 aromatic rings. The van der Waals surface area contributed by atoms with E-state index in [1.807, 2.05) is 12.1 Å². The van der Waals surface area contributed by atoms with E-state index in [2.05, 4.69) is 11.1 Å². The zero-order valence-electron chi connectivity index (χ0n) is 8.37. The van der Waals surface area contributed by atoms with E-state index in [4.69, 9.17) is 11.6 Å². The van der Waals surface area contributed by atoms with Crippen molar-refractivity contribution in [1.29, 1.82) is 0 Å². The molecular formula is C12H12ClNO. The van der Waals surface area contributed by atoms with Gasteiger partial charge >= 0.3 is 0 Å². The van der Waals surface area contributed by atoms with Gasteiger partial charge in [-0.05, 0) is 42.5 Å². The average Bonchev–Trinajstić information content (AvgIpc) is 2.26. The summed E-state index contributed by atoms with van der Waals surface area (Å²) in [4.78, 5) is 13.8. The monoisotopic (exact) mass is 221 g/mol. The van der Waals surface area contributed by atoms with E-state index < -0.39 is 0 Å². The predicted octanol–water partition coefficient (Wildman–Crippen LogP) is 3.10. The molecule has 0 fully saturated rings. The summed E-state index contributed by atoms with van der Waals surface area (Å²) in [6.07, 6.45) is 4.95. The van der Waals surface area contributed by atoms with Crippen LogP contribution in [0, 0.1) is 0 Å². The fourth-order valence-electron chi connectivity index (χ4n) is 2.21. The van der Waals surface area contributed by atoms with Crippen molar-refractivity contribution in [3.8, 4) is 0 Å². The van der Waals surface area contributed by atoms with Crippen LogP contribution in [0.5, 0.6) is 0 Å². The van der Waals surface area contributed by atoms with Crippen LogP contribution >= 0.6 is 11.6 Å². The van der Waals surface area contributed by atoms with Gasteiger partial charge in [-0.15, -0.1) is 0 Å². The Morgan fingerprint density at radius 1 is 1.53 bits per heavy atom. The van der Waals surface area contributed by atoms with E-state index in [9.17, 15) is 4.79 Å². The van der Waals surface area contributed by atoms with Gasteiger partial charge in [0.2, 0.25) is 6.08 Å². The predicted molar refractivity (Wildman–Crippen MR) is 60.1 cm³/mol. The number of carbonyl (C=O) groups excluding carboxylic acids is 1. The third kappa shape index (κ3) is 2.28. The summed E-state index contributed by atoms with van der Waals surface area (Å²) in [6.45, 7) is 0.539. The summed E-state index contributed by atoms with van der Waals surface area (Å²) in [5.74, 6) is 0.342. The van der Waals surface area contributed by atoms with E-state index in [-0.39, 0.29) is 0 Å². The molecule has 2 rings (SSSR count). The summed E-state index contributed by atoms with van der Waals surface area (Å²) >= 11 is 5.97. The van der Waals surface area contributed by atoms with Gasteiger partial charge in [-0.1, -0.05) is 17.7 Å². The molecule has 0 saturated heterocycles. The molecule has 0 amide bonds. The van der Waals surface area contributed by atoms with Gasteiger partial charge in [0.05, 0.1) is 6.54 Å². The molecule has 1 aromatic carbocycles. The Morgan fingerprint density at radius 2 is 2.40 bits per heavy atom. The molecular weight excluding hydrogens is 210 g/mol. The highest BCUT2D eigenvalue weighted by Crippen LogP contribution is 2.33. The number of halogens is 1. The Morgan fingerprint density at radius 3 is 3.20 bits per heavy atom. The van der Waals surface area contributed by atoms with Crippen LogP contribution in [0.4, 0.5) is 0 Å². The van der Waals surface area contributed by atoms with Crippen LogP contribution < -0.4 is 0 Å². The van der Waals surface area contributed by atoms with Crippen LogP contribution in [0.25, 0.3) is 0 Å². The minimum atomic E-state index is 0.342. The molecule has 0 saturated carbocycles. The van der Waals surface area contributed by atoms with Gasteiger partial charge in [0.1, 0.15) is 0 Å². The second-order valence-corrected chi connectivity index (χ2v) is 4.30. The second-order valence-electron chi connectivity index (χ2n) is 3.86. The largest absolute Gasteiger partial charge is 0.234 e. The number of nitrogens with zero attached hydrogens (tertiary/aromatic N) is 1. The first-order valence-electron chi connectivity index (χ1n) is 5.13. The molecule has 0 N–H and O–H groups in total. The highest BCUT2D eigenvalue weighted by Gasteiger charge is 2.19. The maximum atomic E-state index is 10.1. The van der Waals surface area contributed by atoms with Crippen LogP contribution in [0.15, 0.2) is 23.2 Å². The Bertz CT molecular complexity index is 410.